The van der Waals surface area contributed by atoms with E-state index < -0.39 is 0 Å². The van der Waals surface area contributed by atoms with E-state index in [1.165, 1.54) is 17.7 Å². The van der Waals surface area contributed by atoms with E-state index >= 15 is 0 Å². The van der Waals surface area contributed by atoms with Crippen molar-refractivity contribution in [3.05, 3.63) is 53.5 Å². The molecule has 1 atom stereocenters. The summed E-state index contributed by atoms with van der Waals surface area (Å²) in [7, 11) is 0. The second-order valence-corrected chi connectivity index (χ2v) is 7.72. The van der Waals surface area contributed by atoms with Gasteiger partial charge >= 0.3 is 0 Å². The Hall–Kier alpha value is -2.25. The highest BCUT2D eigenvalue weighted by molar-refractivity contribution is 7.22. The standard InChI is InChI=1S/C20H21FN4OS.ClH/c1-2-13-10-17-18(22-11-13)24-20(27-17)25-9-3-4-16(25)19(26)23-12-14-5-7-15(21)8-6-14;/h5-8,10-11,16H,2-4,9,12H2,1H3,(H,23,26);1H. The van der Waals surface area contributed by atoms with Crippen LogP contribution < -0.4 is 10.2 Å². The fraction of sp³-hybridized carbons (Fsp3) is 0.350. The zero-order valence-corrected chi connectivity index (χ0v) is 17.2. The summed E-state index contributed by atoms with van der Waals surface area (Å²) in [6, 6.07) is 8.09. The summed E-state index contributed by atoms with van der Waals surface area (Å²) in [5.74, 6) is -0.291. The number of nitrogens with zero attached hydrogens (tertiary/aromatic N) is 3. The first-order chi connectivity index (χ1) is 13.1. The quantitative estimate of drug-likeness (QED) is 0.675. The fourth-order valence-corrected chi connectivity index (χ4v) is 4.41. The van der Waals surface area contributed by atoms with Gasteiger partial charge in [-0.2, -0.15) is 4.98 Å². The largest absolute Gasteiger partial charge is 0.350 e. The second kappa shape index (κ2) is 8.84. The highest BCUT2D eigenvalue weighted by Crippen LogP contribution is 2.33. The number of hydrogen-bond acceptors (Lipinski definition) is 5. The van der Waals surface area contributed by atoms with Crippen molar-refractivity contribution < 1.29 is 9.18 Å². The molecule has 1 fully saturated rings. The maximum absolute atomic E-state index is 13.0. The molecule has 1 aromatic carbocycles. The van der Waals surface area contributed by atoms with E-state index in [-0.39, 0.29) is 30.2 Å². The minimum atomic E-state index is -0.275. The topological polar surface area (TPSA) is 58.1 Å². The van der Waals surface area contributed by atoms with Gasteiger partial charge in [0.15, 0.2) is 10.8 Å². The van der Waals surface area contributed by atoms with Gasteiger partial charge in [-0.3, -0.25) is 4.79 Å². The molecule has 1 unspecified atom stereocenters. The minimum absolute atomic E-state index is 0. The number of aryl methyl sites for hydroxylation is 1. The van der Waals surface area contributed by atoms with E-state index in [1.807, 2.05) is 6.20 Å². The molecule has 1 amide bonds. The van der Waals surface area contributed by atoms with Crippen LogP contribution in [-0.4, -0.2) is 28.5 Å². The van der Waals surface area contributed by atoms with Gasteiger partial charge in [-0.05, 0) is 48.6 Å². The number of fused-ring (bicyclic) bond motifs is 1. The van der Waals surface area contributed by atoms with Crippen LogP contribution >= 0.6 is 23.7 Å². The zero-order valence-electron chi connectivity index (χ0n) is 15.5. The Morgan fingerprint density at radius 1 is 1.32 bits per heavy atom. The van der Waals surface area contributed by atoms with Gasteiger partial charge in [-0.25, -0.2) is 9.37 Å². The van der Waals surface area contributed by atoms with Crippen LogP contribution in [0.2, 0.25) is 0 Å². The second-order valence-electron chi connectivity index (χ2n) is 6.71. The Morgan fingerprint density at radius 3 is 2.86 bits per heavy atom. The lowest BCUT2D eigenvalue weighted by Gasteiger charge is -2.23. The van der Waals surface area contributed by atoms with Gasteiger partial charge in [0, 0.05) is 19.3 Å². The summed E-state index contributed by atoms with van der Waals surface area (Å²) >= 11 is 1.59. The Morgan fingerprint density at radius 2 is 2.11 bits per heavy atom. The number of halogens is 2. The number of anilines is 1. The fourth-order valence-electron chi connectivity index (χ4n) is 3.34. The molecule has 1 saturated heterocycles. The average Bonchev–Trinajstić information content (AvgIpc) is 3.33. The molecule has 1 aliphatic rings. The van der Waals surface area contributed by atoms with Crippen LogP contribution in [-0.2, 0) is 17.8 Å². The highest BCUT2D eigenvalue weighted by Gasteiger charge is 2.32. The third-order valence-corrected chi connectivity index (χ3v) is 5.91. The number of thiazole rings is 1. The molecule has 148 valence electrons. The number of pyridine rings is 1. The third kappa shape index (κ3) is 4.25. The first-order valence-electron chi connectivity index (χ1n) is 9.18. The van der Waals surface area contributed by atoms with Crippen LogP contribution in [0.1, 0.15) is 30.9 Å². The van der Waals surface area contributed by atoms with Crippen molar-refractivity contribution in [3.63, 3.8) is 0 Å². The van der Waals surface area contributed by atoms with Crippen LogP contribution in [0.3, 0.4) is 0 Å². The number of rotatable bonds is 5. The predicted molar refractivity (Wildman–Crippen MR) is 113 cm³/mol. The van der Waals surface area contributed by atoms with Crippen molar-refractivity contribution in [2.45, 2.75) is 38.8 Å². The number of carbonyl (C=O) groups is 1. The molecular weight excluding hydrogens is 399 g/mol. The third-order valence-electron chi connectivity index (χ3n) is 4.88. The lowest BCUT2D eigenvalue weighted by atomic mass is 10.2. The minimum Gasteiger partial charge on any atom is -0.350 e. The molecule has 8 heteroatoms. The van der Waals surface area contributed by atoms with Crippen LogP contribution in [0.25, 0.3) is 10.3 Å². The molecule has 1 aliphatic heterocycles. The van der Waals surface area contributed by atoms with Gasteiger partial charge in [0.1, 0.15) is 11.9 Å². The van der Waals surface area contributed by atoms with Gasteiger partial charge < -0.3 is 10.2 Å². The summed E-state index contributed by atoms with van der Waals surface area (Å²) in [6.45, 7) is 3.31. The van der Waals surface area contributed by atoms with E-state index in [1.54, 1.807) is 23.5 Å². The lowest BCUT2D eigenvalue weighted by molar-refractivity contribution is -0.122. The molecule has 0 saturated carbocycles. The lowest BCUT2D eigenvalue weighted by Crippen LogP contribution is -2.43. The summed E-state index contributed by atoms with van der Waals surface area (Å²) < 4.78 is 14.1. The van der Waals surface area contributed by atoms with Crippen molar-refractivity contribution in [3.8, 4) is 0 Å². The van der Waals surface area contributed by atoms with Gasteiger partial charge in [0.25, 0.3) is 0 Å². The maximum Gasteiger partial charge on any atom is 0.243 e. The number of nitrogens with one attached hydrogen (secondary N) is 1. The Balaban J connectivity index is 0.00000225. The number of hydrogen-bond donors (Lipinski definition) is 1. The van der Waals surface area contributed by atoms with Crippen LogP contribution in [0.4, 0.5) is 9.52 Å². The van der Waals surface area contributed by atoms with E-state index in [9.17, 15) is 9.18 Å². The van der Waals surface area contributed by atoms with Crippen LogP contribution in [0.5, 0.6) is 0 Å². The van der Waals surface area contributed by atoms with Gasteiger partial charge in [0.2, 0.25) is 5.91 Å². The molecule has 0 bridgehead atoms. The van der Waals surface area contributed by atoms with E-state index in [0.29, 0.717) is 6.54 Å². The Bertz CT molecular complexity index is 962. The van der Waals surface area contributed by atoms with Gasteiger partial charge in [-0.15, -0.1) is 12.4 Å². The van der Waals surface area contributed by atoms with E-state index in [2.05, 4.69) is 33.2 Å². The highest BCUT2D eigenvalue weighted by atomic mass is 35.5. The molecule has 1 N–H and O–H groups in total. The Kier molecular flexibility index (Phi) is 6.46. The van der Waals surface area contributed by atoms with Crippen molar-refractivity contribution in [1.82, 2.24) is 15.3 Å². The monoisotopic (exact) mass is 420 g/mol. The first kappa shape index (κ1) is 20.5. The number of benzene rings is 1. The molecule has 4 rings (SSSR count). The van der Waals surface area contributed by atoms with E-state index in [4.69, 9.17) is 0 Å². The normalized spacial score (nSPS) is 16.2. The number of aromatic nitrogens is 2. The SMILES string of the molecule is CCc1cnc2nc(N3CCCC3C(=O)NCc3ccc(F)cc3)sc2c1.Cl. The first-order valence-corrected chi connectivity index (χ1v) is 10.00. The molecule has 0 spiro atoms. The van der Waals surface area contributed by atoms with E-state index in [0.717, 1.165) is 46.8 Å². The average molecular weight is 421 g/mol. The number of amides is 1. The Labute approximate surface area is 173 Å². The van der Waals surface area contributed by atoms with Crippen LogP contribution in [0.15, 0.2) is 36.5 Å². The maximum atomic E-state index is 13.0. The molecular formula is C20H22ClFN4OS. The van der Waals surface area contributed by atoms with Crippen LogP contribution in [0, 0.1) is 5.82 Å². The molecule has 0 radical (unpaired) electrons. The zero-order chi connectivity index (χ0) is 18.8. The number of carbonyl (C=O) groups excluding carboxylic acids is 1. The van der Waals surface area contributed by atoms with Crippen molar-refractivity contribution >= 4 is 45.1 Å². The molecule has 2 aromatic heterocycles. The van der Waals surface area contributed by atoms with Crippen molar-refractivity contribution in [2.75, 3.05) is 11.4 Å². The van der Waals surface area contributed by atoms with Gasteiger partial charge in [-0.1, -0.05) is 30.4 Å². The molecule has 28 heavy (non-hydrogen) atoms. The molecule has 3 aromatic rings. The van der Waals surface area contributed by atoms with Crippen molar-refractivity contribution in [1.29, 1.82) is 0 Å². The van der Waals surface area contributed by atoms with Gasteiger partial charge in [0.05, 0.1) is 4.70 Å². The predicted octanol–water partition coefficient (Wildman–Crippen LogP) is 4.10. The summed E-state index contributed by atoms with van der Waals surface area (Å²) in [5, 5.41) is 3.82. The summed E-state index contributed by atoms with van der Waals surface area (Å²) in [4.78, 5) is 23.9. The van der Waals surface area contributed by atoms with Crippen molar-refractivity contribution in [2.24, 2.45) is 0 Å². The molecule has 0 aliphatic carbocycles. The smallest absolute Gasteiger partial charge is 0.243 e. The summed E-state index contributed by atoms with van der Waals surface area (Å²) in [6.07, 6.45) is 4.56. The summed E-state index contributed by atoms with van der Waals surface area (Å²) in [5.41, 5.74) is 2.81. The molecule has 5 nitrogen and oxygen atoms in total. The molecule has 3 heterocycles.